The van der Waals surface area contributed by atoms with Crippen LogP contribution in [0, 0.1) is 0 Å². The molecule has 1 atom stereocenters. The number of nitrogens with zero attached hydrogens (tertiary/aromatic N) is 3. The standard InChI is InChI=1S/C26H24N4O/c31-26(30-16-6-9-21(18-30)28-20-7-2-1-3-8-20)23-17-25(19-12-14-27-15-13-19)29-24-11-5-4-10-22(23)24/h1-5,7-8,10-15,17,21,28H,6,9,16,18H2. The van der Waals surface area contributed by atoms with Crippen LogP contribution in [-0.2, 0) is 0 Å². The number of hydrogen-bond acceptors (Lipinski definition) is 4. The monoisotopic (exact) mass is 408 g/mol. The quantitative estimate of drug-likeness (QED) is 0.515. The number of nitrogens with one attached hydrogen (secondary N) is 1. The van der Waals surface area contributed by atoms with E-state index in [1.54, 1.807) is 12.4 Å². The number of rotatable bonds is 4. The lowest BCUT2D eigenvalue weighted by Gasteiger charge is -2.34. The van der Waals surface area contributed by atoms with Crippen molar-refractivity contribution < 1.29 is 4.79 Å². The summed E-state index contributed by atoms with van der Waals surface area (Å²) in [5, 5.41) is 4.47. The second-order valence-electron chi connectivity index (χ2n) is 7.91. The molecule has 31 heavy (non-hydrogen) atoms. The van der Waals surface area contributed by atoms with Crippen molar-refractivity contribution >= 4 is 22.5 Å². The van der Waals surface area contributed by atoms with Gasteiger partial charge in [0.25, 0.3) is 5.91 Å². The highest BCUT2D eigenvalue weighted by Crippen LogP contribution is 2.27. The average molecular weight is 409 g/mol. The van der Waals surface area contributed by atoms with E-state index >= 15 is 0 Å². The summed E-state index contributed by atoms with van der Waals surface area (Å²) >= 11 is 0. The van der Waals surface area contributed by atoms with Gasteiger partial charge in [-0.15, -0.1) is 0 Å². The predicted octanol–water partition coefficient (Wildman–Crippen LogP) is 5.01. The lowest BCUT2D eigenvalue weighted by atomic mass is 10.0. The molecule has 1 fully saturated rings. The van der Waals surface area contributed by atoms with Crippen molar-refractivity contribution in [3.63, 3.8) is 0 Å². The molecule has 5 heteroatoms. The molecule has 0 saturated carbocycles. The summed E-state index contributed by atoms with van der Waals surface area (Å²) in [4.78, 5) is 24.5. The van der Waals surface area contributed by atoms with Crippen molar-refractivity contribution in [3.8, 4) is 11.3 Å². The minimum atomic E-state index is 0.0634. The molecule has 1 amide bonds. The number of pyridine rings is 2. The van der Waals surface area contributed by atoms with Crippen LogP contribution < -0.4 is 5.32 Å². The van der Waals surface area contributed by atoms with Gasteiger partial charge in [0.05, 0.1) is 16.8 Å². The van der Waals surface area contributed by atoms with Gasteiger partial charge in [-0.3, -0.25) is 9.78 Å². The highest BCUT2D eigenvalue weighted by Gasteiger charge is 2.26. The minimum Gasteiger partial charge on any atom is -0.381 e. The summed E-state index contributed by atoms with van der Waals surface area (Å²) < 4.78 is 0. The highest BCUT2D eigenvalue weighted by molar-refractivity contribution is 6.07. The number of amides is 1. The normalized spacial score (nSPS) is 16.3. The van der Waals surface area contributed by atoms with Crippen LogP contribution in [0.15, 0.2) is 85.2 Å². The zero-order valence-corrected chi connectivity index (χ0v) is 17.2. The maximum atomic E-state index is 13.7. The number of anilines is 1. The summed E-state index contributed by atoms with van der Waals surface area (Å²) in [6.45, 7) is 1.46. The second kappa shape index (κ2) is 8.56. The first-order valence-electron chi connectivity index (χ1n) is 10.7. The van der Waals surface area contributed by atoms with Gasteiger partial charge in [-0.1, -0.05) is 36.4 Å². The van der Waals surface area contributed by atoms with Gasteiger partial charge in [0.15, 0.2) is 0 Å². The first kappa shape index (κ1) is 19.2. The van der Waals surface area contributed by atoms with Crippen LogP contribution >= 0.6 is 0 Å². The number of likely N-dealkylation sites (tertiary alicyclic amines) is 1. The fourth-order valence-electron chi connectivity index (χ4n) is 4.24. The number of aromatic nitrogens is 2. The minimum absolute atomic E-state index is 0.0634. The van der Waals surface area contributed by atoms with Crippen LogP contribution in [0.2, 0.25) is 0 Å². The molecule has 1 aliphatic heterocycles. The van der Waals surface area contributed by atoms with E-state index in [-0.39, 0.29) is 11.9 Å². The zero-order chi connectivity index (χ0) is 21.0. The molecule has 0 spiro atoms. The Morgan fingerprint density at radius 1 is 0.968 bits per heavy atom. The van der Waals surface area contributed by atoms with E-state index < -0.39 is 0 Å². The Labute approximate surface area is 181 Å². The van der Waals surface area contributed by atoms with Crippen LogP contribution in [-0.4, -0.2) is 39.9 Å². The number of carbonyl (C=O) groups excluding carboxylic acids is 1. The van der Waals surface area contributed by atoms with E-state index in [4.69, 9.17) is 4.98 Å². The lowest BCUT2D eigenvalue weighted by molar-refractivity contribution is 0.0717. The number of benzene rings is 2. The van der Waals surface area contributed by atoms with Gasteiger partial charge < -0.3 is 10.2 Å². The predicted molar refractivity (Wildman–Crippen MR) is 124 cm³/mol. The molecule has 0 radical (unpaired) electrons. The zero-order valence-electron chi connectivity index (χ0n) is 17.2. The Morgan fingerprint density at radius 3 is 2.58 bits per heavy atom. The van der Waals surface area contributed by atoms with E-state index in [1.165, 1.54) is 0 Å². The smallest absolute Gasteiger partial charge is 0.254 e. The van der Waals surface area contributed by atoms with Crippen LogP contribution in [0.4, 0.5) is 5.69 Å². The molecule has 1 aliphatic rings. The molecule has 1 unspecified atom stereocenters. The number of carbonyl (C=O) groups is 1. The molecule has 154 valence electrons. The van der Waals surface area contributed by atoms with Crippen LogP contribution in [0.1, 0.15) is 23.2 Å². The molecule has 0 bridgehead atoms. The van der Waals surface area contributed by atoms with E-state index in [9.17, 15) is 4.79 Å². The fraction of sp³-hybridized carbons (Fsp3) is 0.192. The molecule has 5 rings (SSSR count). The molecule has 1 saturated heterocycles. The summed E-state index contributed by atoms with van der Waals surface area (Å²) in [6.07, 6.45) is 5.53. The SMILES string of the molecule is O=C(c1cc(-c2ccncc2)nc2ccccc12)N1CCCC(Nc2ccccc2)C1. The molecule has 2 aromatic carbocycles. The molecule has 2 aromatic heterocycles. The fourth-order valence-corrected chi connectivity index (χ4v) is 4.24. The van der Waals surface area contributed by atoms with Gasteiger partial charge in [-0.05, 0) is 49.2 Å². The van der Waals surface area contributed by atoms with Gasteiger partial charge in [0.2, 0.25) is 0 Å². The molecule has 4 aromatic rings. The van der Waals surface area contributed by atoms with Crippen LogP contribution in [0.3, 0.4) is 0 Å². The average Bonchev–Trinajstić information content (AvgIpc) is 2.84. The van der Waals surface area contributed by atoms with Crippen molar-refractivity contribution in [1.82, 2.24) is 14.9 Å². The largest absolute Gasteiger partial charge is 0.381 e. The van der Waals surface area contributed by atoms with Crippen molar-refractivity contribution in [1.29, 1.82) is 0 Å². The van der Waals surface area contributed by atoms with Gasteiger partial charge in [-0.25, -0.2) is 4.98 Å². The Balaban J connectivity index is 1.46. The second-order valence-corrected chi connectivity index (χ2v) is 7.91. The lowest BCUT2D eigenvalue weighted by Crippen LogP contribution is -2.45. The third kappa shape index (κ3) is 4.12. The first-order chi connectivity index (χ1) is 15.3. The highest BCUT2D eigenvalue weighted by atomic mass is 16.2. The maximum absolute atomic E-state index is 13.7. The van der Waals surface area contributed by atoms with Gasteiger partial charge in [0, 0.05) is 48.2 Å². The van der Waals surface area contributed by atoms with Crippen molar-refractivity contribution in [2.45, 2.75) is 18.9 Å². The van der Waals surface area contributed by atoms with Gasteiger partial charge >= 0.3 is 0 Å². The number of piperidine rings is 1. The van der Waals surface area contributed by atoms with E-state index in [0.717, 1.165) is 47.2 Å². The Bertz CT molecular complexity index is 1190. The Hall–Kier alpha value is -3.73. The molecular formula is C26H24N4O. The van der Waals surface area contributed by atoms with E-state index in [1.807, 2.05) is 65.6 Å². The molecule has 0 aliphatic carbocycles. The van der Waals surface area contributed by atoms with Crippen molar-refractivity contribution in [3.05, 3.63) is 90.8 Å². The topological polar surface area (TPSA) is 58.1 Å². The van der Waals surface area contributed by atoms with Gasteiger partial charge in [0.1, 0.15) is 0 Å². The third-order valence-corrected chi connectivity index (χ3v) is 5.78. The molecular weight excluding hydrogens is 384 g/mol. The third-order valence-electron chi connectivity index (χ3n) is 5.78. The van der Waals surface area contributed by atoms with Crippen molar-refractivity contribution in [2.75, 3.05) is 18.4 Å². The first-order valence-corrected chi connectivity index (χ1v) is 10.7. The molecule has 3 heterocycles. The molecule has 1 N–H and O–H groups in total. The van der Waals surface area contributed by atoms with Crippen LogP contribution in [0.25, 0.3) is 22.2 Å². The molecule has 5 nitrogen and oxygen atoms in total. The van der Waals surface area contributed by atoms with E-state index in [2.05, 4.69) is 22.4 Å². The van der Waals surface area contributed by atoms with E-state index in [0.29, 0.717) is 12.1 Å². The number of hydrogen-bond donors (Lipinski definition) is 1. The van der Waals surface area contributed by atoms with Crippen molar-refractivity contribution in [2.24, 2.45) is 0 Å². The summed E-state index contributed by atoms with van der Waals surface area (Å²) in [5.74, 6) is 0.0634. The summed E-state index contributed by atoms with van der Waals surface area (Å²) in [6, 6.07) is 24.1. The number of para-hydroxylation sites is 2. The summed E-state index contributed by atoms with van der Waals surface area (Å²) in [5.41, 5.74) is 4.38. The van der Waals surface area contributed by atoms with Gasteiger partial charge in [-0.2, -0.15) is 0 Å². The van der Waals surface area contributed by atoms with Crippen LogP contribution in [0.5, 0.6) is 0 Å². The number of fused-ring (bicyclic) bond motifs is 1. The Morgan fingerprint density at radius 2 is 1.74 bits per heavy atom. The Kier molecular flexibility index (Phi) is 5.31. The maximum Gasteiger partial charge on any atom is 0.254 e. The summed E-state index contributed by atoms with van der Waals surface area (Å²) in [7, 11) is 0.